The molecule has 0 aliphatic carbocycles. The van der Waals surface area contributed by atoms with E-state index < -0.39 is 0 Å². The van der Waals surface area contributed by atoms with Crippen LogP contribution in [0.3, 0.4) is 0 Å². The molecule has 1 aromatic rings. The summed E-state index contributed by atoms with van der Waals surface area (Å²) in [5.41, 5.74) is 1.03. The third-order valence-electron chi connectivity index (χ3n) is 3.44. The first-order valence-electron chi connectivity index (χ1n) is 6.93. The van der Waals surface area contributed by atoms with E-state index in [1.165, 1.54) is 25.9 Å². The van der Waals surface area contributed by atoms with Gasteiger partial charge in [-0.1, -0.05) is 12.1 Å². The monoisotopic (exact) mass is 278 g/mol. The maximum absolute atomic E-state index is 11.9. The van der Waals surface area contributed by atoms with Crippen molar-refractivity contribution in [3.63, 3.8) is 0 Å². The molecule has 19 heavy (non-hydrogen) atoms. The summed E-state index contributed by atoms with van der Waals surface area (Å²) in [6.07, 6.45) is 3.02. The number of amides is 1. The maximum Gasteiger partial charge on any atom is 0.224 e. The number of benzene rings is 1. The van der Waals surface area contributed by atoms with Crippen molar-refractivity contribution in [2.75, 3.05) is 19.6 Å². The molecule has 0 aromatic heterocycles. The molecule has 1 unspecified atom stereocenters. The highest BCUT2D eigenvalue weighted by atomic mass is 32.1. The number of carbonyl (C=O) groups excluding carboxylic acids is 1. The van der Waals surface area contributed by atoms with Crippen LogP contribution in [0.15, 0.2) is 29.2 Å². The Morgan fingerprint density at radius 2 is 1.95 bits per heavy atom. The normalized spacial score (nSPS) is 17.4. The van der Waals surface area contributed by atoms with Gasteiger partial charge in [0, 0.05) is 17.5 Å². The van der Waals surface area contributed by atoms with Gasteiger partial charge in [-0.3, -0.25) is 4.79 Å². The lowest BCUT2D eigenvalue weighted by atomic mass is 10.1. The van der Waals surface area contributed by atoms with E-state index in [-0.39, 0.29) is 11.9 Å². The van der Waals surface area contributed by atoms with Crippen LogP contribution >= 0.6 is 12.6 Å². The zero-order chi connectivity index (χ0) is 13.7. The number of hydrogen-bond acceptors (Lipinski definition) is 3. The number of nitrogens with one attached hydrogen (secondary N) is 1. The largest absolute Gasteiger partial charge is 0.352 e. The van der Waals surface area contributed by atoms with Crippen LogP contribution in [0.25, 0.3) is 0 Å². The Balaban J connectivity index is 1.75. The van der Waals surface area contributed by atoms with Gasteiger partial charge < -0.3 is 10.2 Å². The molecule has 4 heteroatoms. The van der Waals surface area contributed by atoms with Crippen molar-refractivity contribution >= 4 is 18.5 Å². The Hall–Kier alpha value is -1.00. The third-order valence-corrected chi connectivity index (χ3v) is 3.74. The highest BCUT2D eigenvalue weighted by Gasteiger charge is 2.15. The number of carbonyl (C=O) groups is 1. The Kier molecular flexibility index (Phi) is 5.28. The van der Waals surface area contributed by atoms with Crippen LogP contribution in [-0.4, -0.2) is 36.5 Å². The quantitative estimate of drug-likeness (QED) is 0.809. The number of thiol groups is 1. The van der Waals surface area contributed by atoms with Gasteiger partial charge in [-0.15, -0.1) is 12.6 Å². The Bertz CT molecular complexity index is 413. The summed E-state index contributed by atoms with van der Waals surface area (Å²) in [7, 11) is 0. The molecular formula is C15H22N2OS. The topological polar surface area (TPSA) is 32.3 Å². The average Bonchev–Trinajstić information content (AvgIpc) is 2.84. The molecule has 0 spiro atoms. The lowest BCUT2D eigenvalue weighted by Gasteiger charge is -2.21. The summed E-state index contributed by atoms with van der Waals surface area (Å²) in [5.74, 6) is 0.0959. The molecule has 3 nitrogen and oxygen atoms in total. The number of nitrogens with zero attached hydrogens (tertiary/aromatic N) is 1. The maximum atomic E-state index is 11.9. The van der Waals surface area contributed by atoms with Crippen LogP contribution in [0.2, 0.25) is 0 Å². The Morgan fingerprint density at radius 1 is 1.32 bits per heavy atom. The predicted molar refractivity (Wildman–Crippen MR) is 80.7 cm³/mol. The summed E-state index contributed by atoms with van der Waals surface area (Å²) >= 11 is 4.24. The van der Waals surface area contributed by atoms with Crippen molar-refractivity contribution in [3.8, 4) is 0 Å². The van der Waals surface area contributed by atoms with Crippen LogP contribution in [0.4, 0.5) is 0 Å². The second-order valence-electron chi connectivity index (χ2n) is 5.32. The lowest BCUT2D eigenvalue weighted by Crippen LogP contribution is -2.41. The highest BCUT2D eigenvalue weighted by Crippen LogP contribution is 2.09. The van der Waals surface area contributed by atoms with Gasteiger partial charge in [0.05, 0.1) is 6.42 Å². The van der Waals surface area contributed by atoms with Crippen LogP contribution in [0, 0.1) is 0 Å². The van der Waals surface area contributed by atoms with Crippen LogP contribution in [0.1, 0.15) is 25.3 Å². The van der Waals surface area contributed by atoms with Crippen molar-refractivity contribution in [3.05, 3.63) is 29.8 Å². The average molecular weight is 278 g/mol. The molecule has 0 radical (unpaired) electrons. The van der Waals surface area contributed by atoms with Gasteiger partial charge >= 0.3 is 0 Å². The Labute approximate surface area is 120 Å². The third kappa shape index (κ3) is 4.88. The van der Waals surface area contributed by atoms with E-state index in [1.807, 2.05) is 24.3 Å². The number of rotatable bonds is 5. The summed E-state index contributed by atoms with van der Waals surface area (Å²) in [4.78, 5) is 15.3. The van der Waals surface area contributed by atoms with Gasteiger partial charge in [0.1, 0.15) is 0 Å². The number of likely N-dealkylation sites (tertiary alicyclic amines) is 1. The van der Waals surface area contributed by atoms with Gasteiger partial charge in [0.15, 0.2) is 0 Å². The molecular weight excluding hydrogens is 256 g/mol. The minimum atomic E-state index is 0.0959. The molecule has 1 aliphatic heterocycles. The zero-order valence-electron chi connectivity index (χ0n) is 11.4. The molecule has 1 amide bonds. The minimum Gasteiger partial charge on any atom is -0.352 e. The highest BCUT2D eigenvalue weighted by molar-refractivity contribution is 7.80. The first-order valence-corrected chi connectivity index (χ1v) is 7.38. The van der Waals surface area contributed by atoms with E-state index in [0.29, 0.717) is 6.42 Å². The first-order chi connectivity index (χ1) is 9.13. The van der Waals surface area contributed by atoms with Crippen molar-refractivity contribution < 1.29 is 4.79 Å². The molecule has 104 valence electrons. The van der Waals surface area contributed by atoms with E-state index in [0.717, 1.165) is 17.0 Å². The van der Waals surface area contributed by atoms with Crippen LogP contribution < -0.4 is 5.32 Å². The van der Waals surface area contributed by atoms with Crippen molar-refractivity contribution in [2.24, 2.45) is 0 Å². The molecule has 1 aromatic carbocycles. The smallest absolute Gasteiger partial charge is 0.224 e. The van der Waals surface area contributed by atoms with E-state index in [4.69, 9.17) is 0 Å². The first kappa shape index (κ1) is 14.4. The van der Waals surface area contributed by atoms with Crippen LogP contribution in [0.5, 0.6) is 0 Å². The van der Waals surface area contributed by atoms with Crippen molar-refractivity contribution in [2.45, 2.75) is 37.1 Å². The number of hydrogen-bond donors (Lipinski definition) is 2. The molecule has 1 aliphatic rings. The van der Waals surface area contributed by atoms with Crippen molar-refractivity contribution in [1.29, 1.82) is 0 Å². The van der Waals surface area contributed by atoms with Gasteiger partial charge in [-0.2, -0.15) is 0 Å². The van der Waals surface area contributed by atoms with Gasteiger partial charge in [-0.25, -0.2) is 0 Å². The Morgan fingerprint density at radius 3 is 2.58 bits per heavy atom. The van der Waals surface area contributed by atoms with Gasteiger partial charge in [-0.05, 0) is 50.6 Å². The van der Waals surface area contributed by atoms with E-state index >= 15 is 0 Å². The van der Waals surface area contributed by atoms with Gasteiger partial charge in [0.25, 0.3) is 0 Å². The molecule has 1 heterocycles. The fourth-order valence-corrected chi connectivity index (χ4v) is 2.67. The predicted octanol–water partition coefficient (Wildman–Crippen LogP) is 2.12. The molecule has 1 atom stereocenters. The lowest BCUT2D eigenvalue weighted by molar-refractivity contribution is -0.121. The van der Waals surface area contributed by atoms with E-state index in [9.17, 15) is 4.79 Å². The fraction of sp³-hybridized carbons (Fsp3) is 0.533. The summed E-state index contributed by atoms with van der Waals surface area (Å²) in [5, 5.41) is 3.07. The molecule has 0 bridgehead atoms. The van der Waals surface area contributed by atoms with E-state index in [1.54, 1.807) is 0 Å². The minimum absolute atomic E-state index is 0.0959. The second-order valence-corrected chi connectivity index (χ2v) is 5.84. The molecule has 2 rings (SSSR count). The molecule has 1 N–H and O–H groups in total. The summed E-state index contributed by atoms with van der Waals surface area (Å²) in [6, 6.07) is 7.95. The molecule has 0 saturated carbocycles. The fourth-order valence-electron chi connectivity index (χ4n) is 2.52. The summed E-state index contributed by atoms with van der Waals surface area (Å²) in [6.45, 7) is 5.38. The van der Waals surface area contributed by atoms with Crippen molar-refractivity contribution in [1.82, 2.24) is 10.2 Å². The second kappa shape index (κ2) is 6.96. The SMILES string of the molecule is CC(CN1CCCC1)NC(=O)Cc1ccc(S)cc1. The standard InChI is InChI=1S/C15H22N2OS/c1-12(11-17-8-2-3-9-17)16-15(18)10-13-4-6-14(19)7-5-13/h4-7,12,19H,2-3,8-11H2,1H3,(H,16,18). The molecule has 1 saturated heterocycles. The van der Waals surface area contributed by atoms with Crippen LogP contribution in [-0.2, 0) is 11.2 Å². The van der Waals surface area contributed by atoms with E-state index in [2.05, 4.69) is 29.8 Å². The van der Waals surface area contributed by atoms with Gasteiger partial charge in [0.2, 0.25) is 5.91 Å². The summed E-state index contributed by atoms with van der Waals surface area (Å²) < 4.78 is 0. The zero-order valence-corrected chi connectivity index (χ0v) is 12.3. The molecule has 1 fully saturated rings.